The summed E-state index contributed by atoms with van der Waals surface area (Å²) in [6, 6.07) is 3.60. The Bertz CT molecular complexity index is 353. The average molecular weight is 224 g/mol. The van der Waals surface area contributed by atoms with E-state index in [4.69, 9.17) is 13.9 Å². The first kappa shape index (κ1) is 11.2. The highest BCUT2D eigenvalue weighted by molar-refractivity contribution is 5.81. The molecule has 1 atom stereocenters. The van der Waals surface area contributed by atoms with E-state index in [2.05, 4.69) is 0 Å². The van der Waals surface area contributed by atoms with Gasteiger partial charge in [-0.15, -0.1) is 0 Å². The maximum absolute atomic E-state index is 11.9. The molecule has 2 heterocycles. The molecule has 0 bridgehead atoms. The second kappa shape index (κ2) is 4.29. The lowest BCUT2D eigenvalue weighted by Crippen LogP contribution is -2.40. The third-order valence-corrected chi connectivity index (χ3v) is 3.10. The number of rotatable bonds is 4. The highest BCUT2D eigenvalue weighted by Crippen LogP contribution is 2.35. The van der Waals surface area contributed by atoms with Crippen LogP contribution in [0.2, 0.25) is 0 Å². The molecule has 1 aliphatic heterocycles. The topological polar surface area (TPSA) is 48.7 Å². The lowest BCUT2D eigenvalue weighted by Gasteiger charge is -2.33. The largest absolute Gasteiger partial charge is 0.468 e. The van der Waals surface area contributed by atoms with E-state index in [1.807, 2.05) is 13.0 Å². The normalized spacial score (nSPS) is 19.9. The van der Waals surface area contributed by atoms with Crippen LogP contribution in [0.5, 0.6) is 0 Å². The summed E-state index contributed by atoms with van der Waals surface area (Å²) >= 11 is 0. The molecule has 1 aromatic rings. The van der Waals surface area contributed by atoms with E-state index in [1.54, 1.807) is 12.3 Å². The summed E-state index contributed by atoms with van der Waals surface area (Å²) in [5, 5.41) is 0. The molecule has 1 saturated heterocycles. The zero-order chi connectivity index (χ0) is 11.6. The van der Waals surface area contributed by atoms with Crippen molar-refractivity contribution in [1.29, 1.82) is 0 Å². The van der Waals surface area contributed by atoms with Crippen LogP contribution in [-0.2, 0) is 19.7 Å². The Kier molecular flexibility index (Phi) is 3.01. The van der Waals surface area contributed by atoms with E-state index < -0.39 is 5.41 Å². The molecule has 1 aromatic heterocycles. The molecular weight excluding hydrogens is 208 g/mol. The third-order valence-electron chi connectivity index (χ3n) is 3.10. The summed E-state index contributed by atoms with van der Waals surface area (Å²) in [6.07, 6.45) is 2.28. The smallest absolute Gasteiger partial charge is 0.319 e. The quantitative estimate of drug-likeness (QED) is 0.731. The Labute approximate surface area is 94.5 Å². The second-order valence-electron chi connectivity index (χ2n) is 4.41. The molecule has 1 unspecified atom stereocenters. The molecule has 88 valence electrons. The minimum atomic E-state index is -0.702. The molecule has 0 aromatic carbocycles. The van der Waals surface area contributed by atoms with Crippen molar-refractivity contribution < 1.29 is 18.7 Å². The van der Waals surface area contributed by atoms with Crippen LogP contribution in [-0.4, -0.2) is 26.3 Å². The summed E-state index contributed by atoms with van der Waals surface area (Å²) < 4.78 is 15.3. The molecule has 1 fully saturated rings. The lowest BCUT2D eigenvalue weighted by atomic mass is 9.78. The maximum atomic E-state index is 11.9. The van der Waals surface area contributed by atoms with Crippen molar-refractivity contribution >= 4 is 5.97 Å². The molecule has 16 heavy (non-hydrogen) atoms. The highest BCUT2D eigenvalue weighted by atomic mass is 16.5. The Morgan fingerprint density at radius 1 is 1.62 bits per heavy atom. The summed E-state index contributed by atoms with van der Waals surface area (Å²) in [5.41, 5.74) is -0.702. The molecule has 0 amide bonds. The minimum absolute atomic E-state index is 0.255. The molecule has 4 nitrogen and oxygen atoms in total. The van der Waals surface area contributed by atoms with E-state index >= 15 is 0 Å². The van der Waals surface area contributed by atoms with Crippen LogP contribution in [0.4, 0.5) is 0 Å². The number of hydrogen-bond donors (Lipinski definition) is 0. The number of carbonyl (C=O) groups is 1. The van der Waals surface area contributed by atoms with Gasteiger partial charge in [-0.3, -0.25) is 4.79 Å². The minimum Gasteiger partial charge on any atom is -0.468 e. The van der Waals surface area contributed by atoms with E-state index in [1.165, 1.54) is 7.11 Å². The fourth-order valence-electron chi connectivity index (χ4n) is 2.08. The van der Waals surface area contributed by atoms with Gasteiger partial charge < -0.3 is 13.9 Å². The van der Waals surface area contributed by atoms with Crippen molar-refractivity contribution in [3.63, 3.8) is 0 Å². The zero-order valence-electron chi connectivity index (χ0n) is 9.56. The molecule has 0 saturated carbocycles. The Morgan fingerprint density at radius 2 is 2.38 bits per heavy atom. The molecule has 4 heteroatoms. The van der Waals surface area contributed by atoms with Crippen molar-refractivity contribution in [2.24, 2.45) is 5.92 Å². The first-order valence-electron chi connectivity index (χ1n) is 5.37. The van der Waals surface area contributed by atoms with Crippen LogP contribution in [0.1, 0.15) is 19.1 Å². The van der Waals surface area contributed by atoms with Gasteiger partial charge in [0.15, 0.2) is 0 Å². The monoisotopic (exact) mass is 224 g/mol. The number of carbonyl (C=O) groups excluding carboxylic acids is 1. The third kappa shape index (κ3) is 1.85. The fraction of sp³-hybridized carbons (Fsp3) is 0.583. The number of hydrogen-bond acceptors (Lipinski definition) is 4. The van der Waals surface area contributed by atoms with Crippen LogP contribution in [0.15, 0.2) is 22.8 Å². The Hall–Kier alpha value is -1.29. The van der Waals surface area contributed by atoms with Gasteiger partial charge in [0.2, 0.25) is 0 Å². The SMILES string of the molecule is COC(=O)C(C)(CC1COC1)c1ccco1. The summed E-state index contributed by atoms with van der Waals surface area (Å²) in [4.78, 5) is 11.9. The lowest BCUT2D eigenvalue weighted by molar-refractivity contribution is -0.150. The van der Waals surface area contributed by atoms with Gasteiger partial charge in [-0.1, -0.05) is 0 Å². The Morgan fingerprint density at radius 3 is 2.81 bits per heavy atom. The second-order valence-corrected chi connectivity index (χ2v) is 4.41. The first-order chi connectivity index (χ1) is 7.66. The fourth-order valence-corrected chi connectivity index (χ4v) is 2.08. The summed E-state index contributed by atoms with van der Waals surface area (Å²) in [6.45, 7) is 3.29. The van der Waals surface area contributed by atoms with Crippen molar-refractivity contribution in [3.8, 4) is 0 Å². The summed E-state index contributed by atoms with van der Waals surface area (Å²) in [5.74, 6) is 0.815. The molecule has 0 aliphatic carbocycles. The number of methoxy groups -OCH3 is 1. The summed E-state index contributed by atoms with van der Waals surface area (Å²) in [7, 11) is 1.40. The van der Waals surface area contributed by atoms with Gasteiger partial charge in [0.05, 0.1) is 26.6 Å². The molecule has 0 N–H and O–H groups in total. The molecule has 2 rings (SSSR count). The Balaban J connectivity index is 2.20. The van der Waals surface area contributed by atoms with Gasteiger partial charge >= 0.3 is 5.97 Å². The molecule has 1 aliphatic rings. The van der Waals surface area contributed by atoms with E-state index in [9.17, 15) is 4.79 Å². The van der Waals surface area contributed by atoms with Crippen LogP contribution in [0.25, 0.3) is 0 Å². The van der Waals surface area contributed by atoms with Gasteiger partial charge in [-0.05, 0) is 25.5 Å². The van der Waals surface area contributed by atoms with Crippen molar-refractivity contribution in [3.05, 3.63) is 24.2 Å². The van der Waals surface area contributed by atoms with Crippen LogP contribution >= 0.6 is 0 Å². The van der Waals surface area contributed by atoms with Crippen LogP contribution in [0.3, 0.4) is 0 Å². The van der Waals surface area contributed by atoms with E-state index in [-0.39, 0.29) is 5.97 Å². The van der Waals surface area contributed by atoms with Gasteiger partial charge in [0.1, 0.15) is 11.2 Å². The van der Waals surface area contributed by atoms with Crippen LogP contribution in [0, 0.1) is 5.92 Å². The standard InChI is InChI=1S/C12H16O4/c1-12(11(13)14-2,6-9-7-15-8-9)10-4-3-5-16-10/h3-5,9H,6-8H2,1-2H3. The molecular formula is C12H16O4. The van der Waals surface area contributed by atoms with Crippen molar-refractivity contribution in [2.45, 2.75) is 18.8 Å². The van der Waals surface area contributed by atoms with Gasteiger partial charge in [0, 0.05) is 5.92 Å². The average Bonchev–Trinajstić information content (AvgIpc) is 2.75. The van der Waals surface area contributed by atoms with E-state index in [0.29, 0.717) is 31.3 Å². The van der Waals surface area contributed by atoms with Gasteiger partial charge in [-0.25, -0.2) is 0 Å². The van der Waals surface area contributed by atoms with Crippen molar-refractivity contribution in [1.82, 2.24) is 0 Å². The van der Waals surface area contributed by atoms with Gasteiger partial charge in [0.25, 0.3) is 0 Å². The predicted molar refractivity (Wildman–Crippen MR) is 57.0 cm³/mol. The highest BCUT2D eigenvalue weighted by Gasteiger charge is 2.42. The maximum Gasteiger partial charge on any atom is 0.319 e. The molecule has 0 radical (unpaired) electrons. The molecule has 0 spiro atoms. The number of furan rings is 1. The van der Waals surface area contributed by atoms with Crippen molar-refractivity contribution in [2.75, 3.05) is 20.3 Å². The zero-order valence-corrected chi connectivity index (χ0v) is 9.56. The van der Waals surface area contributed by atoms with Gasteiger partial charge in [-0.2, -0.15) is 0 Å². The first-order valence-corrected chi connectivity index (χ1v) is 5.37. The van der Waals surface area contributed by atoms with Crippen LogP contribution < -0.4 is 0 Å². The number of ether oxygens (including phenoxy) is 2. The van der Waals surface area contributed by atoms with E-state index in [0.717, 1.165) is 0 Å². The predicted octanol–water partition coefficient (Wildman–Crippen LogP) is 1.75. The number of esters is 1.